The molecule has 2 heterocycles. The fraction of sp³-hybridized carbons (Fsp3) is 0.556. The van der Waals surface area contributed by atoms with Crippen molar-refractivity contribution in [3.63, 3.8) is 0 Å². The maximum absolute atomic E-state index is 6.09. The molecule has 1 fully saturated rings. The number of amidine groups is 1. The first-order valence-corrected chi connectivity index (χ1v) is 7.88. The van der Waals surface area contributed by atoms with Gasteiger partial charge in [0.05, 0.1) is 17.2 Å². The first kappa shape index (κ1) is 15.3. The Bertz CT molecular complexity index is 559. The molecular formula is C18H25N3O. The molecule has 2 radical (unpaired) electrons. The fourth-order valence-electron chi connectivity index (χ4n) is 2.83. The lowest BCUT2D eigenvalue weighted by atomic mass is 9.89. The monoisotopic (exact) mass is 299 g/mol. The summed E-state index contributed by atoms with van der Waals surface area (Å²) in [4.78, 5) is 2.18. The zero-order valence-electron chi connectivity index (χ0n) is 14.1. The summed E-state index contributed by atoms with van der Waals surface area (Å²) in [5.74, 6) is 0.954. The van der Waals surface area contributed by atoms with E-state index in [2.05, 4.69) is 75.6 Å². The van der Waals surface area contributed by atoms with Gasteiger partial charge in [0.1, 0.15) is 6.61 Å². The van der Waals surface area contributed by atoms with Crippen LogP contribution in [0.5, 0.6) is 0 Å². The van der Waals surface area contributed by atoms with Gasteiger partial charge in [0.2, 0.25) is 6.67 Å². The number of hydrazone groups is 1. The molecule has 118 valence electrons. The quantitative estimate of drug-likeness (QED) is 0.840. The summed E-state index contributed by atoms with van der Waals surface area (Å²) in [6.07, 6.45) is 0.915. The third-order valence-corrected chi connectivity index (χ3v) is 4.29. The highest BCUT2D eigenvalue weighted by molar-refractivity contribution is 5.86. The fourth-order valence-corrected chi connectivity index (χ4v) is 2.83. The normalized spacial score (nSPS) is 24.2. The van der Waals surface area contributed by atoms with Crippen LogP contribution in [0.25, 0.3) is 0 Å². The Labute approximate surface area is 133 Å². The molecule has 0 spiro atoms. The van der Waals surface area contributed by atoms with E-state index in [9.17, 15) is 0 Å². The van der Waals surface area contributed by atoms with E-state index in [4.69, 9.17) is 4.74 Å². The second-order valence-electron chi connectivity index (χ2n) is 7.57. The number of fused-ring (bicyclic) bond motifs is 1. The second-order valence-corrected chi connectivity index (χ2v) is 7.57. The number of hydrogen-bond donors (Lipinski definition) is 0. The molecule has 22 heavy (non-hydrogen) atoms. The van der Waals surface area contributed by atoms with Gasteiger partial charge in [0, 0.05) is 0 Å². The summed E-state index contributed by atoms with van der Waals surface area (Å²) in [5, 5.41) is 6.60. The Morgan fingerprint density at radius 1 is 1.27 bits per heavy atom. The molecule has 2 aliphatic rings. The van der Waals surface area contributed by atoms with Gasteiger partial charge in [-0.15, -0.1) is 0 Å². The van der Waals surface area contributed by atoms with Crippen LogP contribution in [-0.2, 0) is 11.2 Å². The molecular weight excluding hydrogens is 274 g/mol. The number of hydrogen-bond acceptors (Lipinski definition) is 4. The molecule has 1 aromatic carbocycles. The van der Waals surface area contributed by atoms with Crippen LogP contribution >= 0.6 is 0 Å². The zero-order valence-corrected chi connectivity index (χ0v) is 14.1. The van der Waals surface area contributed by atoms with Crippen molar-refractivity contribution in [2.24, 2.45) is 5.10 Å². The molecule has 0 amide bonds. The Kier molecular flexibility index (Phi) is 3.68. The third-order valence-electron chi connectivity index (χ3n) is 4.29. The number of benzene rings is 1. The molecule has 4 heteroatoms. The molecule has 1 saturated heterocycles. The van der Waals surface area contributed by atoms with E-state index in [1.54, 1.807) is 0 Å². The largest absolute Gasteiger partial charge is 0.365 e. The summed E-state index contributed by atoms with van der Waals surface area (Å²) >= 11 is 0. The molecule has 2 aliphatic heterocycles. The molecule has 0 saturated carbocycles. The molecule has 0 unspecified atom stereocenters. The van der Waals surface area contributed by atoms with E-state index in [-0.39, 0.29) is 17.2 Å². The van der Waals surface area contributed by atoms with Crippen LogP contribution in [0.15, 0.2) is 35.4 Å². The molecule has 0 aliphatic carbocycles. The lowest BCUT2D eigenvalue weighted by molar-refractivity contribution is -0.0699. The molecule has 0 aromatic heterocycles. The van der Waals surface area contributed by atoms with Gasteiger partial charge in [-0.3, -0.25) is 5.01 Å². The second kappa shape index (κ2) is 5.27. The number of rotatable bonds is 2. The summed E-state index contributed by atoms with van der Waals surface area (Å²) < 4.78 is 6.09. The third kappa shape index (κ3) is 2.84. The lowest BCUT2D eigenvalue weighted by Gasteiger charge is -2.45. The number of ether oxygens (including phenoxy) is 1. The predicted octanol–water partition coefficient (Wildman–Crippen LogP) is 3.13. The summed E-state index contributed by atoms with van der Waals surface area (Å²) in [6, 6.07) is 10.7. The topological polar surface area (TPSA) is 28.1 Å². The van der Waals surface area contributed by atoms with Gasteiger partial charge in [-0.1, -0.05) is 30.3 Å². The standard InChI is InChI=1S/C18H25N3O/c1-17(2,3)21-13-20-15(11-14-9-7-6-8-10-14)18(4,5)22-12-16(20)19-21/h6-10,15H,11-12H2,1-5H3/t15-/m1/s1. The maximum atomic E-state index is 6.09. The van der Waals surface area contributed by atoms with E-state index in [0.29, 0.717) is 6.61 Å². The van der Waals surface area contributed by atoms with Crippen molar-refractivity contribution < 1.29 is 4.74 Å². The highest BCUT2D eigenvalue weighted by Crippen LogP contribution is 2.34. The van der Waals surface area contributed by atoms with E-state index >= 15 is 0 Å². The van der Waals surface area contributed by atoms with Crippen molar-refractivity contribution in [3.05, 3.63) is 42.6 Å². The summed E-state index contributed by atoms with van der Waals surface area (Å²) in [6.45, 7) is 14.7. The van der Waals surface area contributed by atoms with Crippen molar-refractivity contribution in [3.8, 4) is 0 Å². The summed E-state index contributed by atoms with van der Waals surface area (Å²) in [7, 11) is 0. The molecule has 0 N–H and O–H groups in total. The van der Waals surface area contributed by atoms with E-state index in [1.165, 1.54) is 5.56 Å². The highest BCUT2D eigenvalue weighted by atomic mass is 16.5. The number of morpholine rings is 1. The predicted molar refractivity (Wildman–Crippen MR) is 88.1 cm³/mol. The van der Waals surface area contributed by atoms with E-state index in [1.807, 2.05) is 11.1 Å². The van der Waals surface area contributed by atoms with Crippen LogP contribution in [0.4, 0.5) is 0 Å². The van der Waals surface area contributed by atoms with Crippen LogP contribution in [0.3, 0.4) is 0 Å². The van der Waals surface area contributed by atoms with Crippen molar-refractivity contribution in [1.82, 2.24) is 9.91 Å². The van der Waals surface area contributed by atoms with Crippen molar-refractivity contribution in [2.75, 3.05) is 6.61 Å². The van der Waals surface area contributed by atoms with Crippen molar-refractivity contribution >= 4 is 5.84 Å². The first-order chi connectivity index (χ1) is 10.3. The zero-order chi connectivity index (χ0) is 16.0. The van der Waals surface area contributed by atoms with Gasteiger partial charge in [-0.2, -0.15) is 5.10 Å². The Morgan fingerprint density at radius 3 is 2.59 bits per heavy atom. The smallest absolute Gasteiger partial charge is 0.228 e. The van der Waals surface area contributed by atoms with Crippen LogP contribution in [-0.4, -0.2) is 39.5 Å². The van der Waals surface area contributed by atoms with Gasteiger partial charge in [-0.05, 0) is 46.6 Å². The molecule has 4 nitrogen and oxygen atoms in total. The van der Waals surface area contributed by atoms with Crippen LogP contribution in [0.1, 0.15) is 40.2 Å². The lowest BCUT2D eigenvalue weighted by Crippen LogP contribution is -2.58. The van der Waals surface area contributed by atoms with Crippen LogP contribution in [0, 0.1) is 6.67 Å². The average molecular weight is 299 g/mol. The van der Waals surface area contributed by atoms with Crippen molar-refractivity contribution in [1.29, 1.82) is 0 Å². The van der Waals surface area contributed by atoms with Gasteiger partial charge in [-0.25, -0.2) is 0 Å². The van der Waals surface area contributed by atoms with Crippen LogP contribution in [0.2, 0.25) is 0 Å². The molecule has 3 rings (SSSR count). The minimum absolute atomic E-state index is 0.0776. The number of nitrogens with zero attached hydrogens (tertiary/aromatic N) is 3. The van der Waals surface area contributed by atoms with Gasteiger partial charge < -0.3 is 9.64 Å². The Morgan fingerprint density at radius 2 is 1.95 bits per heavy atom. The maximum Gasteiger partial charge on any atom is 0.228 e. The summed E-state index contributed by atoms with van der Waals surface area (Å²) in [5.41, 5.74) is 0.989. The van der Waals surface area contributed by atoms with E-state index < -0.39 is 0 Å². The molecule has 1 atom stereocenters. The molecule has 0 bridgehead atoms. The molecule has 1 aromatic rings. The Balaban J connectivity index is 1.85. The van der Waals surface area contributed by atoms with Gasteiger partial charge in [0.15, 0.2) is 5.84 Å². The van der Waals surface area contributed by atoms with Crippen LogP contribution < -0.4 is 0 Å². The minimum Gasteiger partial charge on any atom is -0.365 e. The SMILES string of the molecule is CC1(C)OCC2=NN(C(C)(C)C)[C]N2[C@@H]1Cc1ccccc1. The van der Waals surface area contributed by atoms with E-state index in [0.717, 1.165) is 12.3 Å². The van der Waals surface area contributed by atoms with Gasteiger partial charge >= 0.3 is 0 Å². The van der Waals surface area contributed by atoms with Crippen molar-refractivity contribution in [2.45, 2.75) is 58.2 Å². The highest BCUT2D eigenvalue weighted by Gasteiger charge is 2.46. The minimum atomic E-state index is -0.240. The van der Waals surface area contributed by atoms with Gasteiger partial charge in [0.25, 0.3) is 0 Å². The first-order valence-electron chi connectivity index (χ1n) is 7.88. The average Bonchev–Trinajstić information content (AvgIpc) is 2.87. The Hall–Kier alpha value is -1.55.